The van der Waals surface area contributed by atoms with Crippen LogP contribution in [0, 0.1) is 11.7 Å². The lowest BCUT2D eigenvalue weighted by Gasteiger charge is -2.19. The molecule has 0 amide bonds. The summed E-state index contributed by atoms with van der Waals surface area (Å²) in [5.74, 6) is 1.09. The van der Waals surface area contributed by atoms with E-state index in [9.17, 15) is 9.50 Å². The minimum atomic E-state index is -0.177. The van der Waals surface area contributed by atoms with Gasteiger partial charge in [-0.15, -0.1) is 24.0 Å². The van der Waals surface area contributed by atoms with Gasteiger partial charge in [0, 0.05) is 25.1 Å². The molecule has 0 heterocycles. The minimum Gasteiger partial charge on any atom is -0.396 e. The first-order valence-electron chi connectivity index (χ1n) is 9.52. The van der Waals surface area contributed by atoms with Crippen LogP contribution in [0.4, 0.5) is 4.39 Å². The van der Waals surface area contributed by atoms with Crippen molar-refractivity contribution < 1.29 is 9.50 Å². The van der Waals surface area contributed by atoms with Crippen LogP contribution in [0.25, 0.3) is 0 Å². The van der Waals surface area contributed by atoms with Gasteiger partial charge in [0.05, 0.1) is 6.54 Å². The molecule has 148 valence electrons. The van der Waals surface area contributed by atoms with E-state index in [1.165, 1.54) is 6.07 Å². The van der Waals surface area contributed by atoms with Crippen molar-refractivity contribution in [3.8, 4) is 0 Å². The van der Waals surface area contributed by atoms with Crippen molar-refractivity contribution in [1.29, 1.82) is 0 Å². The Morgan fingerprint density at radius 1 is 1.27 bits per heavy atom. The summed E-state index contributed by atoms with van der Waals surface area (Å²) in [4.78, 5) is 4.76. The summed E-state index contributed by atoms with van der Waals surface area (Å²) in [5.41, 5.74) is 1.05. The van der Waals surface area contributed by atoms with Gasteiger partial charge in [-0.1, -0.05) is 25.5 Å². The van der Waals surface area contributed by atoms with Gasteiger partial charge in [0.1, 0.15) is 5.82 Å². The summed E-state index contributed by atoms with van der Waals surface area (Å²) in [6.07, 6.45) is 5.14. The van der Waals surface area contributed by atoms with Crippen LogP contribution in [0.3, 0.4) is 0 Å². The van der Waals surface area contributed by atoms with Crippen LogP contribution in [0.1, 0.15) is 51.5 Å². The van der Waals surface area contributed by atoms with Gasteiger partial charge < -0.3 is 15.7 Å². The second-order valence-corrected chi connectivity index (χ2v) is 7.03. The Morgan fingerprint density at radius 2 is 2.04 bits per heavy atom. The zero-order valence-electron chi connectivity index (χ0n) is 15.9. The first kappa shape index (κ1) is 23.1. The predicted octanol–water partition coefficient (Wildman–Crippen LogP) is 3.83. The number of guanidine groups is 1. The Labute approximate surface area is 174 Å². The number of hydrogen-bond donors (Lipinski definition) is 3. The average molecular weight is 477 g/mol. The molecule has 0 bridgehead atoms. The highest BCUT2D eigenvalue weighted by atomic mass is 127. The summed E-state index contributed by atoms with van der Waals surface area (Å²) in [7, 11) is 0. The third kappa shape index (κ3) is 7.02. The largest absolute Gasteiger partial charge is 0.396 e. The highest BCUT2D eigenvalue weighted by Crippen LogP contribution is 2.48. The molecule has 0 radical (unpaired) electrons. The molecule has 3 N–H and O–H groups in total. The maximum Gasteiger partial charge on any atom is 0.191 e. The number of aliphatic hydroxyl groups is 1. The highest BCUT2D eigenvalue weighted by molar-refractivity contribution is 14.0. The van der Waals surface area contributed by atoms with Crippen molar-refractivity contribution in [3.63, 3.8) is 0 Å². The molecule has 4 nitrogen and oxygen atoms in total. The van der Waals surface area contributed by atoms with Crippen LogP contribution in [-0.4, -0.2) is 37.3 Å². The molecule has 2 rings (SSSR count). The van der Waals surface area contributed by atoms with Gasteiger partial charge in [0.2, 0.25) is 0 Å². The molecule has 0 aromatic heterocycles. The maximum absolute atomic E-state index is 13.5. The number of nitrogens with zero attached hydrogens (tertiary/aromatic N) is 1. The Morgan fingerprint density at radius 3 is 2.62 bits per heavy atom. The van der Waals surface area contributed by atoms with Crippen molar-refractivity contribution in [3.05, 3.63) is 35.6 Å². The van der Waals surface area contributed by atoms with E-state index < -0.39 is 0 Å². The van der Waals surface area contributed by atoms with E-state index in [1.54, 1.807) is 12.1 Å². The Hall–Kier alpha value is -0.890. The van der Waals surface area contributed by atoms with E-state index in [0.29, 0.717) is 12.5 Å². The number of halogens is 2. The molecule has 1 fully saturated rings. The third-order valence-corrected chi connectivity index (χ3v) is 4.97. The molecule has 1 aliphatic carbocycles. The van der Waals surface area contributed by atoms with Gasteiger partial charge >= 0.3 is 0 Å². The minimum absolute atomic E-state index is 0. The maximum atomic E-state index is 13.5. The second kappa shape index (κ2) is 11.7. The van der Waals surface area contributed by atoms with Crippen LogP contribution in [0.5, 0.6) is 0 Å². The first-order chi connectivity index (χ1) is 12.1. The SMILES string of the molecule is CCCC(CCO)CNC(=NCC1(c2cccc(F)c2)CC1)NCC.I. The fourth-order valence-electron chi connectivity index (χ4n) is 3.26. The average Bonchev–Trinajstić information content (AvgIpc) is 3.39. The summed E-state index contributed by atoms with van der Waals surface area (Å²) < 4.78 is 13.5. The lowest BCUT2D eigenvalue weighted by atomic mass is 9.96. The van der Waals surface area contributed by atoms with Crippen molar-refractivity contribution in [2.45, 2.75) is 51.4 Å². The topological polar surface area (TPSA) is 56.6 Å². The summed E-state index contributed by atoms with van der Waals surface area (Å²) in [5, 5.41) is 15.9. The van der Waals surface area contributed by atoms with Gasteiger partial charge in [-0.05, 0) is 56.2 Å². The molecule has 1 aromatic carbocycles. The number of aliphatic hydroxyl groups excluding tert-OH is 1. The lowest BCUT2D eigenvalue weighted by Crippen LogP contribution is -2.40. The Kier molecular flexibility index (Phi) is 10.5. The van der Waals surface area contributed by atoms with E-state index in [0.717, 1.165) is 56.7 Å². The van der Waals surface area contributed by atoms with Crippen LogP contribution in [0.2, 0.25) is 0 Å². The quantitative estimate of drug-likeness (QED) is 0.273. The molecule has 1 unspecified atom stereocenters. The molecule has 1 atom stereocenters. The number of rotatable bonds is 10. The van der Waals surface area contributed by atoms with Gasteiger partial charge in [-0.2, -0.15) is 0 Å². The van der Waals surface area contributed by atoms with Crippen LogP contribution in [0.15, 0.2) is 29.3 Å². The molecule has 1 aliphatic rings. The number of aliphatic imine (C=N–C) groups is 1. The third-order valence-electron chi connectivity index (χ3n) is 4.97. The predicted molar refractivity (Wildman–Crippen MR) is 117 cm³/mol. The van der Waals surface area contributed by atoms with E-state index in [4.69, 9.17) is 4.99 Å². The Balaban J connectivity index is 0.00000338. The smallest absolute Gasteiger partial charge is 0.191 e. The zero-order valence-corrected chi connectivity index (χ0v) is 18.3. The fourth-order valence-corrected chi connectivity index (χ4v) is 3.26. The monoisotopic (exact) mass is 477 g/mol. The normalized spacial score (nSPS) is 16.5. The standard InChI is InChI=1S/C20H32FN3O.HI/c1-3-6-16(9-12-25)14-23-19(22-4-2)24-15-20(10-11-20)17-7-5-8-18(21)13-17;/h5,7-8,13,16,25H,3-4,6,9-12,14-15H2,1-2H3,(H2,22,23,24);1H. The van der Waals surface area contributed by atoms with E-state index >= 15 is 0 Å². The number of benzene rings is 1. The van der Waals surface area contributed by atoms with Crippen LogP contribution in [-0.2, 0) is 5.41 Å². The van der Waals surface area contributed by atoms with Crippen molar-refractivity contribution >= 4 is 29.9 Å². The van der Waals surface area contributed by atoms with Gasteiger partial charge in [0.25, 0.3) is 0 Å². The molecule has 26 heavy (non-hydrogen) atoms. The van der Waals surface area contributed by atoms with Crippen molar-refractivity contribution in [1.82, 2.24) is 10.6 Å². The number of hydrogen-bond acceptors (Lipinski definition) is 2. The lowest BCUT2D eigenvalue weighted by molar-refractivity contribution is 0.251. The van der Waals surface area contributed by atoms with E-state index in [1.807, 2.05) is 13.0 Å². The molecule has 1 saturated carbocycles. The van der Waals surface area contributed by atoms with Crippen molar-refractivity contribution in [2.75, 3.05) is 26.2 Å². The molecule has 0 aliphatic heterocycles. The summed E-state index contributed by atoms with van der Waals surface area (Å²) in [6, 6.07) is 6.91. The molecule has 0 spiro atoms. The number of nitrogens with one attached hydrogen (secondary N) is 2. The van der Waals surface area contributed by atoms with Gasteiger partial charge in [-0.25, -0.2) is 4.39 Å². The molecule has 6 heteroatoms. The molecular weight excluding hydrogens is 444 g/mol. The molecule has 0 saturated heterocycles. The van der Waals surface area contributed by atoms with Gasteiger partial charge in [0.15, 0.2) is 5.96 Å². The highest BCUT2D eigenvalue weighted by Gasteiger charge is 2.44. The van der Waals surface area contributed by atoms with Gasteiger partial charge in [-0.3, -0.25) is 4.99 Å². The molecular formula is C20H33FIN3O. The van der Waals surface area contributed by atoms with E-state index in [-0.39, 0.29) is 41.8 Å². The van der Waals surface area contributed by atoms with E-state index in [2.05, 4.69) is 17.6 Å². The van der Waals surface area contributed by atoms with Crippen molar-refractivity contribution in [2.24, 2.45) is 10.9 Å². The summed E-state index contributed by atoms with van der Waals surface area (Å²) in [6.45, 7) is 6.73. The molecule has 1 aromatic rings. The summed E-state index contributed by atoms with van der Waals surface area (Å²) >= 11 is 0. The van der Waals surface area contributed by atoms with Crippen LogP contribution < -0.4 is 10.6 Å². The zero-order chi connectivity index (χ0) is 18.1. The Bertz CT molecular complexity index is 558. The second-order valence-electron chi connectivity index (χ2n) is 7.03. The fraction of sp³-hybridized carbons (Fsp3) is 0.650. The van der Waals surface area contributed by atoms with Crippen LogP contribution >= 0.6 is 24.0 Å². The first-order valence-corrected chi connectivity index (χ1v) is 9.52.